The van der Waals surface area contributed by atoms with Gasteiger partial charge in [-0.15, -0.1) is 10.2 Å². The van der Waals surface area contributed by atoms with E-state index < -0.39 is 6.61 Å². The fraction of sp³-hybridized carbons (Fsp3) is 0.583. The second-order valence-electron chi connectivity index (χ2n) is 7.91. The number of phenols is 1. The largest absolute Gasteiger partial charge is 0.507 e. The van der Waals surface area contributed by atoms with Crippen molar-refractivity contribution in [2.75, 3.05) is 19.0 Å². The summed E-state index contributed by atoms with van der Waals surface area (Å²) in [5, 5.41) is 32.8. The number of ether oxygens (including phenoxy) is 2. The SMILES string of the molecule is CCCCCC(CC)Nc1nnc(-c2ccc(OC(F)F)cc2O)c(CCCOC)c1CO. The van der Waals surface area contributed by atoms with E-state index in [2.05, 4.69) is 34.1 Å². The van der Waals surface area contributed by atoms with Crippen molar-refractivity contribution in [1.29, 1.82) is 0 Å². The molecule has 2 rings (SSSR count). The molecule has 0 bridgehead atoms. The molecule has 7 nitrogen and oxygen atoms in total. The van der Waals surface area contributed by atoms with E-state index in [9.17, 15) is 19.0 Å². The summed E-state index contributed by atoms with van der Waals surface area (Å²) in [5.74, 6) is 0.110. The van der Waals surface area contributed by atoms with Crippen molar-refractivity contribution >= 4 is 5.82 Å². The van der Waals surface area contributed by atoms with Crippen molar-refractivity contribution in [3.8, 4) is 22.8 Å². The number of phenolic OH excluding ortho intramolecular Hbond substituents is 1. The molecule has 0 aliphatic rings. The average Bonchev–Trinajstić information content (AvgIpc) is 2.79. The molecule has 0 saturated carbocycles. The molecule has 184 valence electrons. The van der Waals surface area contributed by atoms with E-state index in [0.29, 0.717) is 42.1 Å². The van der Waals surface area contributed by atoms with Gasteiger partial charge in [0.05, 0.1) is 6.61 Å². The highest BCUT2D eigenvalue weighted by molar-refractivity contribution is 5.73. The van der Waals surface area contributed by atoms with Gasteiger partial charge >= 0.3 is 6.61 Å². The maximum absolute atomic E-state index is 12.5. The molecule has 0 amide bonds. The summed E-state index contributed by atoms with van der Waals surface area (Å²) in [6.45, 7) is 1.53. The predicted molar refractivity (Wildman–Crippen MR) is 124 cm³/mol. The van der Waals surface area contributed by atoms with Crippen molar-refractivity contribution in [3.05, 3.63) is 29.3 Å². The van der Waals surface area contributed by atoms with Crippen LogP contribution in [0.1, 0.15) is 63.5 Å². The standard InChI is InChI=1S/C24H35F2N3O4/c1-4-6-7-9-16(5-2)27-23-20(15-30)18(10-8-13-32-3)22(28-29-23)19-12-11-17(14-21(19)31)33-24(25)26/h11-12,14,16,24,30-31H,4-10,13,15H2,1-3H3,(H,27,29). The van der Waals surface area contributed by atoms with E-state index in [4.69, 9.17) is 4.74 Å². The number of anilines is 1. The molecule has 0 spiro atoms. The first-order valence-corrected chi connectivity index (χ1v) is 11.5. The molecule has 1 unspecified atom stereocenters. The monoisotopic (exact) mass is 467 g/mol. The normalized spacial score (nSPS) is 12.2. The van der Waals surface area contributed by atoms with Crippen molar-refractivity contribution in [2.45, 2.75) is 78.1 Å². The van der Waals surface area contributed by atoms with Gasteiger partial charge < -0.3 is 25.0 Å². The van der Waals surface area contributed by atoms with Gasteiger partial charge in [0.25, 0.3) is 0 Å². The van der Waals surface area contributed by atoms with E-state index >= 15 is 0 Å². The number of rotatable bonds is 15. The van der Waals surface area contributed by atoms with Crippen molar-refractivity contribution in [2.24, 2.45) is 0 Å². The fourth-order valence-corrected chi connectivity index (χ4v) is 3.77. The number of unbranched alkanes of at least 4 members (excludes halogenated alkanes) is 2. The number of nitrogens with one attached hydrogen (secondary N) is 1. The molecule has 0 aliphatic carbocycles. The number of nitrogens with zero attached hydrogens (tertiary/aromatic N) is 2. The Morgan fingerprint density at radius 1 is 1.09 bits per heavy atom. The minimum absolute atomic E-state index is 0.154. The van der Waals surface area contributed by atoms with Crippen LogP contribution >= 0.6 is 0 Å². The van der Waals surface area contributed by atoms with Gasteiger partial charge in [-0.3, -0.25) is 0 Å². The Balaban J connectivity index is 2.44. The number of alkyl halides is 2. The van der Waals surface area contributed by atoms with Gasteiger partial charge in [-0.25, -0.2) is 0 Å². The number of benzene rings is 1. The summed E-state index contributed by atoms with van der Waals surface area (Å²) in [4.78, 5) is 0. The summed E-state index contributed by atoms with van der Waals surface area (Å²) in [6.07, 6.45) is 6.49. The quantitative estimate of drug-likeness (QED) is 0.306. The molecular formula is C24H35F2N3O4. The van der Waals surface area contributed by atoms with E-state index in [-0.39, 0.29) is 24.1 Å². The van der Waals surface area contributed by atoms with Crippen LogP contribution in [0.25, 0.3) is 11.3 Å². The lowest BCUT2D eigenvalue weighted by Crippen LogP contribution is -2.21. The zero-order valence-corrected chi connectivity index (χ0v) is 19.6. The predicted octanol–water partition coefficient (Wildman–Crippen LogP) is 5.29. The third-order valence-electron chi connectivity index (χ3n) is 5.56. The molecule has 2 aromatic rings. The van der Waals surface area contributed by atoms with Crippen molar-refractivity contribution in [3.63, 3.8) is 0 Å². The van der Waals surface area contributed by atoms with Gasteiger partial charge in [0, 0.05) is 37.0 Å². The highest BCUT2D eigenvalue weighted by Crippen LogP contribution is 2.36. The van der Waals surface area contributed by atoms with Crippen LogP contribution < -0.4 is 10.1 Å². The summed E-state index contributed by atoms with van der Waals surface area (Å²) in [6, 6.07) is 4.12. The highest BCUT2D eigenvalue weighted by atomic mass is 19.3. The number of aliphatic hydroxyl groups excluding tert-OH is 1. The number of aromatic nitrogens is 2. The van der Waals surface area contributed by atoms with Crippen LogP contribution in [0.15, 0.2) is 18.2 Å². The second-order valence-corrected chi connectivity index (χ2v) is 7.91. The Morgan fingerprint density at radius 2 is 1.88 bits per heavy atom. The lowest BCUT2D eigenvalue weighted by molar-refractivity contribution is -0.0499. The Bertz CT molecular complexity index is 868. The summed E-state index contributed by atoms with van der Waals surface area (Å²) >= 11 is 0. The first-order valence-electron chi connectivity index (χ1n) is 11.5. The number of hydrogen-bond acceptors (Lipinski definition) is 7. The lowest BCUT2D eigenvalue weighted by Gasteiger charge is -2.22. The maximum Gasteiger partial charge on any atom is 0.387 e. The lowest BCUT2D eigenvalue weighted by atomic mass is 9.97. The van der Waals surface area contributed by atoms with Crippen molar-refractivity contribution in [1.82, 2.24) is 10.2 Å². The van der Waals surface area contributed by atoms with Crippen LogP contribution in [0.4, 0.5) is 14.6 Å². The van der Waals surface area contributed by atoms with Gasteiger partial charge in [0.15, 0.2) is 5.82 Å². The summed E-state index contributed by atoms with van der Waals surface area (Å²) < 4.78 is 34.6. The van der Waals surface area contributed by atoms with Crippen LogP contribution in [0.5, 0.6) is 11.5 Å². The van der Waals surface area contributed by atoms with Gasteiger partial charge in [-0.2, -0.15) is 8.78 Å². The third-order valence-corrected chi connectivity index (χ3v) is 5.56. The molecule has 1 atom stereocenters. The second kappa shape index (κ2) is 13.9. The molecule has 3 N–H and O–H groups in total. The van der Waals surface area contributed by atoms with Crippen LogP contribution in [0.2, 0.25) is 0 Å². The number of halogens is 2. The number of aliphatic hydroxyl groups is 1. The molecule has 1 heterocycles. The van der Waals surface area contributed by atoms with E-state index in [1.807, 2.05) is 0 Å². The molecular weight excluding hydrogens is 432 g/mol. The van der Waals surface area contributed by atoms with Crippen molar-refractivity contribution < 1.29 is 28.5 Å². The highest BCUT2D eigenvalue weighted by Gasteiger charge is 2.21. The molecule has 33 heavy (non-hydrogen) atoms. The molecule has 0 radical (unpaired) electrons. The first kappa shape index (κ1) is 26.7. The van der Waals surface area contributed by atoms with Crippen LogP contribution in [-0.4, -0.2) is 46.8 Å². The first-order chi connectivity index (χ1) is 15.9. The van der Waals surface area contributed by atoms with E-state index in [0.717, 1.165) is 43.7 Å². The smallest absolute Gasteiger partial charge is 0.387 e. The molecule has 1 aromatic carbocycles. The zero-order valence-electron chi connectivity index (χ0n) is 19.6. The Morgan fingerprint density at radius 3 is 2.48 bits per heavy atom. The minimum Gasteiger partial charge on any atom is -0.507 e. The molecule has 0 aliphatic heterocycles. The summed E-state index contributed by atoms with van der Waals surface area (Å²) in [5.41, 5.74) is 2.05. The summed E-state index contributed by atoms with van der Waals surface area (Å²) in [7, 11) is 1.61. The maximum atomic E-state index is 12.5. The van der Waals surface area contributed by atoms with Gasteiger partial charge in [-0.1, -0.05) is 33.1 Å². The Hall–Kier alpha value is -2.52. The van der Waals surface area contributed by atoms with E-state index in [1.54, 1.807) is 7.11 Å². The van der Waals surface area contributed by atoms with E-state index in [1.165, 1.54) is 12.1 Å². The molecule has 0 saturated heterocycles. The van der Waals surface area contributed by atoms with Gasteiger partial charge in [0.1, 0.15) is 17.2 Å². The number of aromatic hydroxyl groups is 1. The molecule has 1 aromatic heterocycles. The topological polar surface area (TPSA) is 96.7 Å². The Labute approximate surface area is 194 Å². The molecule has 0 fully saturated rings. The number of methoxy groups -OCH3 is 1. The molecule has 9 heteroatoms. The van der Waals surface area contributed by atoms with Crippen LogP contribution in [-0.2, 0) is 17.8 Å². The van der Waals surface area contributed by atoms with Crippen LogP contribution in [0, 0.1) is 0 Å². The minimum atomic E-state index is -2.99. The third kappa shape index (κ3) is 7.78. The number of hydrogen-bond donors (Lipinski definition) is 3. The zero-order chi connectivity index (χ0) is 24.2. The van der Waals surface area contributed by atoms with Gasteiger partial charge in [-0.05, 0) is 43.4 Å². The Kier molecular flexibility index (Phi) is 11.3. The van der Waals surface area contributed by atoms with Gasteiger partial charge in [0.2, 0.25) is 0 Å². The van der Waals surface area contributed by atoms with Crippen LogP contribution in [0.3, 0.4) is 0 Å². The fourth-order valence-electron chi connectivity index (χ4n) is 3.77. The average molecular weight is 468 g/mol.